The molecule has 4 nitrogen and oxygen atoms in total. The zero-order valence-corrected chi connectivity index (χ0v) is 20.9. The lowest BCUT2D eigenvalue weighted by Gasteiger charge is -2.15. The van der Waals surface area contributed by atoms with E-state index in [1.165, 1.54) is 29.2 Å². The summed E-state index contributed by atoms with van der Waals surface area (Å²) < 4.78 is 18.8. The smallest absolute Gasteiger partial charge is 0.275 e. The lowest BCUT2D eigenvalue weighted by atomic mass is 10.1. The Morgan fingerprint density at radius 1 is 0.941 bits per heavy atom. The molecule has 0 aliphatic carbocycles. The Morgan fingerprint density at radius 3 is 2.32 bits per heavy atom. The number of hydrogen-bond donors (Lipinski definition) is 0. The molecule has 0 fully saturated rings. The van der Waals surface area contributed by atoms with E-state index in [4.69, 9.17) is 17.2 Å². The van der Waals surface area contributed by atoms with Crippen LogP contribution < -0.4 is 5.56 Å². The first-order chi connectivity index (χ1) is 16.5. The van der Waals surface area contributed by atoms with Gasteiger partial charge in [-0.25, -0.2) is 9.37 Å². The van der Waals surface area contributed by atoms with Crippen LogP contribution in [0.1, 0.15) is 16.7 Å². The van der Waals surface area contributed by atoms with Crippen molar-refractivity contribution in [3.63, 3.8) is 0 Å². The molecular formula is C26H20FN3OS3. The van der Waals surface area contributed by atoms with Gasteiger partial charge in [-0.2, -0.15) is 0 Å². The molecule has 0 spiro atoms. The maximum absolute atomic E-state index is 14.3. The van der Waals surface area contributed by atoms with Crippen molar-refractivity contribution < 1.29 is 4.39 Å². The van der Waals surface area contributed by atoms with Crippen molar-refractivity contribution in [2.24, 2.45) is 0 Å². The number of thiazole rings is 1. The van der Waals surface area contributed by atoms with E-state index >= 15 is 0 Å². The van der Waals surface area contributed by atoms with E-state index in [2.05, 4.69) is 0 Å². The van der Waals surface area contributed by atoms with Gasteiger partial charge in [-0.05, 0) is 61.0 Å². The Balaban J connectivity index is 1.77. The van der Waals surface area contributed by atoms with Crippen LogP contribution in [0.2, 0.25) is 0 Å². The molecule has 2 heterocycles. The van der Waals surface area contributed by atoms with E-state index in [1.54, 1.807) is 22.8 Å². The van der Waals surface area contributed by atoms with Crippen LogP contribution >= 0.6 is 35.3 Å². The van der Waals surface area contributed by atoms with Crippen LogP contribution in [0.25, 0.3) is 21.7 Å². The van der Waals surface area contributed by atoms with Gasteiger partial charge in [0.05, 0.1) is 11.4 Å². The molecule has 8 heteroatoms. The van der Waals surface area contributed by atoms with Gasteiger partial charge in [-0.1, -0.05) is 77.7 Å². The fourth-order valence-electron chi connectivity index (χ4n) is 3.95. The Labute approximate surface area is 209 Å². The number of fused-ring (bicyclic) bond motifs is 1. The second kappa shape index (κ2) is 9.29. The van der Waals surface area contributed by atoms with Gasteiger partial charge in [0.1, 0.15) is 10.5 Å². The Kier molecular flexibility index (Phi) is 6.20. The molecule has 0 unspecified atom stereocenters. The summed E-state index contributed by atoms with van der Waals surface area (Å²) in [5.41, 5.74) is 4.63. The van der Waals surface area contributed by atoms with E-state index in [9.17, 15) is 9.18 Å². The largest absolute Gasteiger partial charge is 0.278 e. The summed E-state index contributed by atoms with van der Waals surface area (Å²) >= 11 is 8.31. The molecule has 170 valence electrons. The van der Waals surface area contributed by atoms with Gasteiger partial charge in [-0.3, -0.25) is 13.9 Å². The molecule has 34 heavy (non-hydrogen) atoms. The Bertz CT molecular complexity index is 1620. The summed E-state index contributed by atoms with van der Waals surface area (Å²) in [6, 6.07) is 22.1. The Morgan fingerprint density at radius 2 is 1.62 bits per heavy atom. The number of rotatable bonds is 5. The normalized spacial score (nSPS) is 11.3. The van der Waals surface area contributed by atoms with Gasteiger partial charge in [0.25, 0.3) is 5.56 Å². The number of para-hydroxylation sites is 2. The third-order valence-corrected chi connectivity index (χ3v) is 7.91. The van der Waals surface area contributed by atoms with Crippen molar-refractivity contribution in [2.45, 2.75) is 24.8 Å². The van der Waals surface area contributed by atoms with Crippen molar-refractivity contribution in [3.8, 4) is 11.4 Å². The van der Waals surface area contributed by atoms with Crippen LogP contribution in [-0.2, 0) is 5.75 Å². The molecule has 0 bridgehead atoms. The molecule has 0 radical (unpaired) electrons. The predicted molar refractivity (Wildman–Crippen MR) is 141 cm³/mol. The third-order valence-electron chi connectivity index (χ3n) is 5.57. The summed E-state index contributed by atoms with van der Waals surface area (Å²) in [5.74, 6) is 0.0600. The molecule has 0 saturated heterocycles. The average Bonchev–Trinajstić information content (AvgIpc) is 3.15. The van der Waals surface area contributed by atoms with Crippen LogP contribution in [0.4, 0.5) is 4.39 Å². The highest BCUT2D eigenvalue weighted by molar-refractivity contribution is 7.98. The van der Waals surface area contributed by atoms with Crippen LogP contribution in [-0.4, -0.2) is 14.1 Å². The second-order valence-electron chi connectivity index (χ2n) is 7.85. The van der Waals surface area contributed by atoms with Crippen LogP contribution in [0, 0.1) is 23.6 Å². The lowest BCUT2D eigenvalue weighted by molar-refractivity contribution is 0.617. The zero-order valence-electron chi connectivity index (χ0n) is 18.5. The fraction of sp³-hybridized carbons (Fsp3) is 0.115. The van der Waals surface area contributed by atoms with Gasteiger partial charge in [0, 0.05) is 5.75 Å². The van der Waals surface area contributed by atoms with Gasteiger partial charge in [-0.15, -0.1) is 0 Å². The minimum Gasteiger partial charge on any atom is -0.275 e. The summed E-state index contributed by atoms with van der Waals surface area (Å²) in [6.45, 7) is 4.04. The number of thioether (sulfide) groups is 1. The van der Waals surface area contributed by atoms with Gasteiger partial charge >= 0.3 is 0 Å². The molecule has 0 amide bonds. The van der Waals surface area contributed by atoms with Gasteiger partial charge in [0.2, 0.25) is 0 Å². The van der Waals surface area contributed by atoms with Gasteiger partial charge in [0.15, 0.2) is 14.8 Å². The molecular weight excluding hydrogens is 486 g/mol. The molecule has 3 aromatic carbocycles. The van der Waals surface area contributed by atoms with Crippen molar-refractivity contribution in [1.82, 2.24) is 14.1 Å². The Hall–Kier alpha value is -3.07. The van der Waals surface area contributed by atoms with Crippen molar-refractivity contribution >= 4 is 45.7 Å². The SMILES string of the molecule is Cc1cccc(C)c1-n1c(=S)sc2c(=O)n(-c3ccccc3)c(SCc3ccccc3F)nc21. The molecule has 2 aromatic heterocycles. The topological polar surface area (TPSA) is 39.8 Å². The lowest BCUT2D eigenvalue weighted by Crippen LogP contribution is -2.21. The maximum atomic E-state index is 14.3. The minimum absolute atomic E-state index is 0.187. The number of halogens is 1. The highest BCUT2D eigenvalue weighted by Crippen LogP contribution is 2.31. The first-order valence-electron chi connectivity index (χ1n) is 10.6. The summed E-state index contributed by atoms with van der Waals surface area (Å²) in [4.78, 5) is 18.7. The first-order valence-corrected chi connectivity index (χ1v) is 12.8. The number of aryl methyl sites for hydroxylation is 2. The van der Waals surface area contributed by atoms with E-state index < -0.39 is 0 Å². The van der Waals surface area contributed by atoms with E-state index in [-0.39, 0.29) is 11.4 Å². The predicted octanol–water partition coefficient (Wildman–Crippen LogP) is 7.02. The highest BCUT2D eigenvalue weighted by Gasteiger charge is 2.20. The van der Waals surface area contributed by atoms with E-state index in [0.717, 1.165) is 16.8 Å². The average molecular weight is 506 g/mol. The number of hydrogen-bond acceptors (Lipinski definition) is 5. The number of benzene rings is 3. The number of nitrogens with zero attached hydrogens (tertiary/aromatic N) is 3. The molecule has 0 aliphatic heterocycles. The monoisotopic (exact) mass is 505 g/mol. The summed E-state index contributed by atoms with van der Waals surface area (Å²) in [6.07, 6.45) is 0. The molecule has 0 N–H and O–H groups in total. The standard InChI is InChI=1S/C26H20FN3OS3/c1-16-9-8-10-17(2)21(16)30-23-22(34-26(30)32)24(31)29(19-12-4-3-5-13-19)25(28-23)33-15-18-11-6-7-14-20(18)27/h3-14H,15H2,1-2H3. The van der Waals surface area contributed by atoms with E-state index in [0.29, 0.717) is 36.5 Å². The third kappa shape index (κ3) is 4.02. The van der Waals surface area contributed by atoms with Crippen molar-refractivity contribution in [1.29, 1.82) is 0 Å². The number of aromatic nitrogens is 3. The maximum Gasteiger partial charge on any atom is 0.278 e. The van der Waals surface area contributed by atoms with Crippen molar-refractivity contribution in [3.05, 3.63) is 110 Å². The molecule has 0 saturated carbocycles. The minimum atomic E-state index is -0.279. The molecule has 5 aromatic rings. The summed E-state index contributed by atoms with van der Waals surface area (Å²) in [7, 11) is 0. The second-order valence-corrected chi connectivity index (χ2v) is 10.4. The fourth-order valence-corrected chi connectivity index (χ4v) is 6.22. The van der Waals surface area contributed by atoms with Crippen molar-refractivity contribution in [2.75, 3.05) is 0 Å². The first kappa shape index (κ1) is 22.7. The van der Waals surface area contributed by atoms with Crippen LogP contribution in [0.15, 0.2) is 82.7 Å². The van der Waals surface area contributed by atoms with Crippen LogP contribution in [0.3, 0.4) is 0 Å². The summed E-state index contributed by atoms with van der Waals surface area (Å²) in [5, 5.41) is 0.486. The van der Waals surface area contributed by atoms with Gasteiger partial charge < -0.3 is 0 Å². The zero-order chi connectivity index (χ0) is 23.8. The molecule has 0 atom stereocenters. The molecule has 0 aliphatic rings. The highest BCUT2D eigenvalue weighted by atomic mass is 32.2. The van der Waals surface area contributed by atoms with E-state index in [1.807, 2.05) is 66.9 Å². The quantitative estimate of drug-likeness (QED) is 0.146. The van der Waals surface area contributed by atoms with Crippen LogP contribution in [0.5, 0.6) is 0 Å². The molecule has 5 rings (SSSR count).